The highest BCUT2D eigenvalue weighted by Gasteiger charge is 2.13. The van der Waals surface area contributed by atoms with Crippen molar-refractivity contribution in [3.63, 3.8) is 0 Å². The normalized spacial score (nSPS) is 11.0. The van der Waals surface area contributed by atoms with Crippen LogP contribution in [0.4, 0.5) is 11.4 Å². The molecule has 0 saturated carbocycles. The van der Waals surface area contributed by atoms with Gasteiger partial charge in [0.05, 0.1) is 0 Å². The average molecular weight is 398 g/mol. The number of amidine groups is 1. The summed E-state index contributed by atoms with van der Waals surface area (Å²) in [6.07, 6.45) is 1.26. The van der Waals surface area contributed by atoms with Crippen LogP contribution in [-0.4, -0.2) is 17.6 Å². The molecular formula is C24H22N4O2. The summed E-state index contributed by atoms with van der Waals surface area (Å²) in [5, 5.41) is 12.7. The van der Waals surface area contributed by atoms with Crippen molar-refractivity contribution in [1.29, 1.82) is 5.41 Å². The third-order valence-corrected chi connectivity index (χ3v) is 4.31. The summed E-state index contributed by atoms with van der Waals surface area (Å²) in [6.45, 7) is 8.99. The van der Waals surface area contributed by atoms with E-state index in [4.69, 9.17) is 15.9 Å². The summed E-state index contributed by atoms with van der Waals surface area (Å²) in [6, 6.07) is 18.3. The van der Waals surface area contributed by atoms with E-state index in [9.17, 15) is 4.79 Å². The van der Waals surface area contributed by atoms with Crippen molar-refractivity contribution in [3.8, 4) is 5.75 Å². The minimum Gasteiger partial charge on any atom is -0.437 e. The molecule has 0 aliphatic heterocycles. The molecule has 0 aliphatic carbocycles. The topological polar surface area (TPSA) is 101 Å². The molecule has 3 rings (SSSR count). The first-order valence-electron chi connectivity index (χ1n) is 9.20. The van der Waals surface area contributed by atoms with Gasteiger partial charge in [-0.05, 0) is 59.7 Å². The molecule has 1 amide bonds. The van der Waals surface area contributed by atoms with Gasteiger partial charge in [0, 0.05) is 11.3 Å². The predicted octanol–water partition coefficient (Wildman–Crippen LogP) is 5.20. The number of hydrogen-bond acceptors (Lipinski definition) is 4. The Morgan fingerprint density at radius 3 is 2.57 bits per heavy atom. The van der Waals surface area contributed by atoms with Crippen LogP contribution in [0.25, 0.3) is 10.8 Å². The first-order valence-corrected chi connectivity index (χ1v) is 9.20. The Kier molecular flexibility index (Phi) is 6.08. The fourth-order valence-corrected chi connectivity index (χ4v) is 2.69. The summed E-state index contributed by atoms with van der Waals surface area (Å²) in [7, 11) is 0. The van der Waals surface area contributed by atoms with Crippen molar-refractivity contribution in [3.05, 3.63) is 91.0 Å². The van der Waals surface area contributed by atoms with Gasteiger partial charge in [0.2, 0.25) is 5.90 Å². The molecule has 0 radical (unpaired) electrons. The second-order valence-corrected chi connectivity index (χ2v) is 6.65. The van der Waals surface area contributed by atoms with E-state index in [1.165, 1.54) is 6.08 Å². The van der Waals surface area contributed by atoms with Gasteiger partial charge in [-0.1, -0.05) is 43.5 Å². The highest BCUT2D eigenvalue weighted by Crippen LogP contribution is 2.30. The molecule has 0 unspecified atom stereocenters. The van der Waals surface area contributed by atoms with Crippen LogP contribution in [0, 0.1) is 5.41 Å². The lowest BCUT2D eigenvalue weighted by Gasteiger charge is -2.11. The largest absolute Gasteiger partial charge is 0.437 e. The molecule has 0 aliphatic rings. The molecule has 0 atom stereocenters. The van der Waals surface area contributed by atoms with Gasteiger partial charge in [0.25, 0.3) is 5.91 Å². The third-order valence-electron chi connectivity index (χ3n) is 4.31. The maximum atomic E-state index is 12.8. The lowest BCUT2D eigenvalue weighted by atomic mass is 10.1. The number of nitrogens with one attached hydrogen (secondary N) is 2. The van der Waals surface area contributed by atoms with Crippen LogP contribution in [-0.2, 0) is 0 Å². The van der Waals surface area contributed by atoms with Crippen LogP contribution in [0.15, 0.2) is 90.5 Å². The summed E-state index contributed by atoms with van der Waals surface area (Å²) in [5.74, 6) is 0.0399. The predicted molar refractivity (Wildman–Crippen MR) is 123 cm³/mol. The van der Waals surface area contributed by atoms with E-state index in [0.29, 0.717) is 22.5 Å². The van der Waals surface area contributed by atoms with Gasteiger partial charge in [0.1, 0.15) is 11.5 Å². The number of rotatable bonds is 6. The molecule has 150 valence electrons. The number of hydrogen-bond donors (Lipinski definition) is 3. The first-order chi connectivity index (χ1) is 14.4. The molecule has 0 saturated heterocycles. The highest BCUT2D eigenvalue weighted by molar-refractivity contribution is 6.06. The van der Waals surface area contributed by atoms with Gasteiger partial charge in [0.15, 0.2) is 5.75 Å². The van der Waals surface area contributed by atoms with Gasteiger partial charge in [-0.3, -0.25) is 10.2 Å². The molecule has 3 aromatic rings. The monoisotopic (exact) mass is 398 g/mol. The first kappa shape index (κ1) is 20.5. The van der Waals surface area contributed by atoms with Gasteiger partial charge in [-0.25, -0.2) is 4.99 Å². The summed E-state index contributed by atoms with van der Waals surface area (Å²) in [4.78, 5) is 17.1. The fraction of sp³-hybridized carbons (Fsp3) is 0.0417. The van der Waals surface area contributed by atoms with Crippen molar-refractivity contribution >= 4 is 39.8 Å². The average Bonchev–Trinajstić information content (AvgIpc) is 2.74. The standard InChI is InChI=1S/C24H22N4O2/c1-4-22(25)30-21-12-10-18(14-20(21)28-23(26)15(2)3)24(29)27-19-11-9-16-7-5-6-8-17(16)13-19/h4-14,25H,1-2H2,3H3,(H2,26,28)(H,27,29). The number of amides is 1. The Labute approximate surface area is 174 Å². The van der Waals surface area contributed by atoms with Gasteiger partial charge in [-0.2, -0.15) is 0 Å². The van der Waals surface area contributed by atoms with Crippen LogP contribution in [0.3, 0.4) is 0 Å². The second kappa shape index (κ2) is 8.87. The summed E-state index contributed by atoms with van der Waals surface area (Å²) < 4.78 is 5.42. The van der Waals surface area contributed by atoms with E-state index >= 15 is 0 Å². The maximum Gasteiger partial charge on any atom is 0.255 e. The number of anilines is 1. The van der Waals surface area contributed by atoms with Gasteiger partial charge < -0.3 is 15.8 Å². The molecule has 0 bridgehead atoms. The number of nitrogens with zero attached hydrogens (tertiary/aromatic N) is 1. The lowest BCUT2D eigenvalue weighted by molar-refractivity contribution is 0.102. The smallest absolute Gasteiger partial charge is 0.255 e. The molecule has 6 nitrogen and oxygen atoms in total. The van der Waals surface area contributed by atoms with Crippen LogP contribution < -0.4 is 15.8 Å². The minimum atomic E-state index is -0.305. The fourth-order valence-electron chi connectivity index (χ4n) is 2.69. The van der Waals surface area contributed by atoms with Gasteiger partial charge in [-0.15, -0.1) is 0 Å². The molecular weight excluding hydrogens is 376 g/mol. The van der Waals surface area contributed by atoms with E-state index in [1.807, 2.05) is 42.5 Å². The summed E-state index contributed by atoms with van der Waals surface area (Å²) >= 11 is 0. The second-order valence-electron chi connectivity index (χ2n) is 6.65. The van der Waals surface area contributed by atoms with E-state index < -0.39 is 0 Å². The van der Waals surface area contributed by atoms with Crippen LogP contribution in [0.5, 0.6) is 5.75 Å². The van der Waals surface area contributed by atoms with E-state index in [1.54, 1.807) is 25.1 Å². The molecule has 0 spiro atoms. The molecule has 3 aromatic carbocycles. The van der Waals surface area contributed by atoms with Crippen molar-refractivity contribution in [2.75, 3.05) is 5.32 Å². The molecule has 30 heavy (non-hydrogen) atoms. The van der Waals surface area contributed by atoms with Crippen LogP contribution in [0.2, 0.25) is 0 Å². The highest BCUT2D eigenvalue weighted by atomic mass is 16.5. The van der Waals surface area contributed by atoms with Crippen molar-refractivity contribution in [1.82, 2.24) is 0 Å². The Bertz CT molecular complexity index is 1190. The zero-order valence-corrected chi connectivity index (χ0v) is 16.6. The Hall–Kier alpha value is -4.19. The van der Waals surface area contributed by atoms with E-state index in [0.717, 1.165) is 10.8 Å². The Morgan fingerprint density at radius 1 is 1.13 bits per heavy atom. The third kappa shape index (κ3) is 4.80. The Morgan fingerprint density at radius 2 is 1.87 bits per heavy atom. The number of fused-ring (bicyclic) bond motifs is 1. The van der Waals surface area contributed by atoms with Crippen LogP contribution >= 0.6 is 0 Å². The number of aliphatic imine (C=N–C) groups is 1. The number of nitrogens with two attached hydrogens (primary N) is 1. The number of benzene rings is 3. The van der Waals surface area contributed by atoms with Crippen molar-refractivity contribution in [2.24, 2.45) is 10.7 Å². The minimum absolute atomic E-state index is 0.145. The maximum absolute atomic E-state index is 12.8. The van der Waals surface area contributed by atoms with Gasteiger partial charge >= 0.3 is 0 Å². The molecule has 4 N–H and O–H groups in total. The SMILES string of the molecule is C=CC(=N)Oc1ccc(C(=O)Nc2ccc3ccccc3c2)cc1N=C(N)C(=C)C. The molecule has 0 fully saturated rings. The quantitative estimate of drug-likeness (QED) is 0.393. The van der Waals surface area contributed by atoms with E-state index in [2.05, 4.69) is 23.5 Å². The number of carbonyl (C=O) groups excluding carboxylic acids is 1. The lowest BCUT2D eigenvalue weighted by Crippen LogP contribution is -2.13. The molecule has 6 heteroatoms. The number of carbonyl (C=O) groups is 1. The Balaban J connectivity index is 1.92. The molecule has 0 aromatic heterocycles. The van der Waals surface area contributed by atoms with Crippen LogP contribution in [0.1, 0.15) is 17.3 Å². The zero-order chi connectivity index (χ0) is 21.7. The molecule has 0 heterocycles. The summed E-state index contributed by atoms with van der Waals surface area (Å²) in [5.41, 5.74) is 7.84. The van der Waals surface area contributed by atoms with Crippen molar-refractivity contribution < 1.29 is 9.53 Å². The van der Waals surface area contributed by atoms with Crippen molar-refractivity contribution in [2.45, 2.75) is 6.92 Å². The zero-order valence-electron chi connectivity index (χ0n) is 16.6. The number of ether oxygens (including phenoxy) is 1. The van der Waals surface area contributed by atoms with E-state index in [-0.39, 0.29) is 23.4 Å².